The van der Waals surface area contributed by atoms with E-state index in [1.807, 2.05) is 36.4 Å². The SMILES string of the molecule is CC(C)(C)C1CN(c2nc(C(=O)N3CC(NC(=O)OCc4ccc([N+](=O)[O-])cc4)C3)cs2)C1O[Si](c1ccccc1)c1ccccc1. The number of aromatic nitrogens is 1. The predicted molar refractivity (Wildman–Crippen MR) is 181 cm³/mol. The minimum atomic E-state index is -1.56. The molecule has 3 aromatic carbocycles. The Morgan fingerprint density at radius 2 is 1.60 bits per heavy atom. The van der Waals surface area contributed by atoms with Crippen LogP contribution in [0.15, 0.2) is 90.3 Å². The van der Waals surface area contributed by atoms with Gasteiger partial charge in [0.05, 0.1) is 11.0 Å². The van der Waals surface area contributed by atoms with Gasteiger partial charge in [-0.1, -0.05) is 81.4 Å². The van der Waals surface area contributed by atoms with Gasteiger partial charge in [-0.2, -0.15) is 0 Å². The lowest BCUT2D eigenvalue weighted by Gasteiger charge is -2.53. The summed E-state index contributed by atoms with van der Waals surface area (Å²) in [6.07, 6.45) is -0.798. The highest BCUT2D eigenvalue weighted by Crippen LogP contribution is 2.43. The monoisotopic (exact) mass is 670 g/mol. The first kappa shape index (κ1) is 32.4. The van der Waals surface area contributed by atoms with Crippen molar-refractivity contribution in [1.82, 2.24) is 15.2 Å². The topological polar surface area (TPSA) is 127 Å². The van der Waals surface area contributed by atoms with Gasteiger partial charge in [-0.25, -0.2) is 9.78 Å². The molecule has 2 aliphatic heterocycles. The number of benzene rings is 3. The molecule has 2 unspecified atom stereocenters. The summed E-state index contributed by atoms with van der Waals surface area (Å²) in [5.74, 6) is 0.0915. The summed E-state index contributed by atoms with van der Waals surface area (Å²) in [5, 5.41) is 18.5. The van der Waals surface area contributed by atoms with Crippen molar-refractivity contribution in [3.8, 4) is 0 Å². The summed E-state index contributed by atoms with van der Waals surface area (Å²) < 4.78 is 12.3. The zero-order valence-electron chi connectivity index (χ0n) is 26.4. The Labute approximate surface area is 279 Å². The molecule has 47 heavy (non-hydrogen) atoms. The molecule has 1 radical (unpaired) electrons. The molecule has 2 saturated heterocycles. The Balaban J connectivity index is 1.06. The van der Waals surface area contributed by atoms with Crippen LogP contribution in [0.25, 0.3) is 0 Å². The number of hydrogen-bond donors (Lipinski definition) is 1. The summed E-state index contributed by atoms with van der Waals surface area (Å²) in [5.41, 5.74) is 0.994. The van der Waals surface area contributed by atoms with E-state index in [-0.39, 0.29) is 41.8 Å². The summed E-state index contributed by atoms with van der Waals surface area (Å²) in [7, 11) is -1.56. The average molecular weight is 671 g/mol. The number of thiazole rings is 1. The van der Waals surface area contributed by atoms with E-state index in [2.05, 4.69) is 55.3 Å². The van der Waals surface area contributed by atoms with Gasteiger partial charge >= 0.3 is 6.09 Å². The zero-order chi connectivity index (χ0) is 33.1. The van der Waals surface area contributed by atoms with Crippen LogP contribution in [0, 0.1) is 21.4 Å². The predicted octanol–water partition coefficient (Wildman–Crippen LogP) is 4.43. The summed E-state index contributed by atoms with van der Waals surface area (Å²) in [6, 6.07) is 26.3. The van der Waals surface area contributed by atoms with Gasteiger partial charge in [-0.05, 0) is 33.5 Å². The molecule has 1 aromatic heterocycles. The Bertz CT molecular complexity index is 1670. The normalized spacial score (nSPS) is 18.0. The highest BCUT2D eigenvalue weighted by Gasteiger charge is 2.49. The first-order valence-corrected chi connectivity index (χ1v) is 17.7. The van der Waals surface area contributed by atoms with Crippen LogP contribution >= 0.6 is 11.3 Å². The maximum absolute atomic E-state index is 13.3. The third-order valence-corrected chi connectivity index (χ3v) is 11.5. The summed E-state index contributed by atoms with van der Waals surface area (Å²) in [4.78, 5) is 44.4. The van der Waals surface area contributed by atoms with Crippen molar-refractivity contribution in [2.24, 2.45) is 11.3 Å². The van der Waals surface area contributed by atoms with Crippen LogP contribution in [0.2, 0.25) is 0 Å². The molecule has 0 saturated carbocycles. The number of nitro groups is 1. The van der Waals surface area contributed by atoms with E-state index < -0.39 is 20.1 Å². The van der Waals surface area contributed by atoms with E-state index in [1.165, 1.54) is 33.8 Å². The number of likely N-dealkylation sites (tertiary alicyclic amines) is 1. The second kappa shape index (κ2) is 13.6. The number of anilines is 1. The molecule has 2 fully saturated rings. The number of alkyl carbamates (subject to hydrolysis) is 1. The molecule has 6 rings (SSSR count). The van der Waals surface area contributed by atoms with Gasteiger partial charge < -0.3 is 24.3 Å². The lowest BCUT2D eigenvalue weighted by Crippen LogP contribution is -2.65. The molecule has 2 atom stereocenters. The van der Waals surface area contributed by atoms with Crippen LogP contribution in [0.1, 0.15) is 36.8 Å². The molecule has 2 aliphatic rings. The molecule has 243 valence electrons. The van der Waals surface area contributed by atoms with Crippen molar-refractivity contribution in [3.63, 3.8) is 0 Å². The van der Waals surface area contributed by atoms with Crippen molar-refractivity contribution in [3.05, 3.63) is 112 Å². The molecule has 0 aliphatic carbocycles. The van der Waals surface area contributed by atoms with Gasteiger partial charge in [0, 0.05) is 43.1 Å². The zero-order valence-corrected chi connectivity index (χ0v) is 28.2. The van der Waals surface area contributed by atoms with Crippen LogP contribution in [0.5, 0.6) is 0 Å². The van der Waals surface area contributed by atoms with Gasteiger partial charge in [-0.3, -0.25) is 14.9 Å². The Hall–Kier alpha value is -4.59. The third-order valence-electron chi connectivity index (χ3n) is 8.43. The van der Waals surface area contributed by atoms with E-state index in [1.54, 1.807) is 22.4 Å². The van der Waals surface area contributed by atoms with Gasteiger partial charge in [0.15, 0.2) is 5.13 Å². The lowest BCUT2D eigenvalue weighted by atomic mass is 9.74. The molecule has 2 amide bonds. The summed E-state index contributed by atoms with van der Waals surface area (Å²) in [6.45, 7) is 8.17. The van der Waals surface area contributed by atoms with Gasteiger partial charge in [0.1, 0.15) is 18.5 Å². The molecule has 0 spiro atoms. The number of carbonyl (C=O) groups is 2. The molecule has 11 nitrogen and oxygen atoms in total. The number of carbonyl (C=O) groups excluding carboxylic acids is 2. The number of non-ortho nitro benzene ring substituents is 1. The van der Waals surface area contributed by atoms with Crippen molar-refractivity contribution in [1.29, 1.82) is 0 Å². The maximum atomic E-state index is 13.3. The molecule has 0 bridgehead atoms. The largest absolute Gasteiger partial charge is 0.445 e. The van der Waals surface area contributed by atoms with Crippen LogP contribution in [0.4, 0.5) is 15.6 Å². The van der Waals surface area contributed by atoms with E-state index in [4.69, 9.17) is 14.1 Å². The number of hydrogen-bond acceptors (Lipinski definition) is 9. The van der Waals surface area contributed by atoms with Gasteiger partial charge in [0.25, 0.3) is 20.6 Å². The first-order valence-electron chi connectivity index (χ1n) is 15.4. The van der Waals surface area contributed by atoms with Crippen molar-refractivity contribution in [2.75, 3.05) is 24.5 Å². The first-order chi connectivity index (χ1) is 22.6. The number of ether oxygens (including phenoxy) is 1. The Kier molecular flexibility index (Phi) is 9.39. The number of nitro benzene ring substituents is 1. The van der Waals surface area contributed by atoms with Crippen molar-refractivity contribution in [2.45, 2.75) is 39.6 Å². The molecule has 13 heteroatoms. The molecule has 4 aromatic rings. The molecular weight excluding hydrogens is 635 g/mol. The quantitative estimate of drug-likeness (QED) is 0.149. The number of amides is 2. The van der Waals surface area contributed by atoms with Crippen LogP contribution in [0.3, 0.4) is 0 Å². The van der Waals surface area contributed by atoms with E-state index >= 15 is 0 Å². The van der Waals surface area contributed by atoms with E-state index in [0.717, 1.165) is 11.7 Å². The average Bonchev–Trinajstić information content (AvgIpc) is 3.51. The molecule has 1 N–H and O–H groups in total. The van der Waals surface area contributed by atoms with Gasteiger partial charge in [-0.15, -0.1) is 11.3 Å². The smallest absolute Gasteiger partial charge is 0.407 e. The number of nitrogens with zero attached hydrogens (tertiary/aromatic N) is 4. The fraction of sp³-hybridized carbons (Fsp3) is 0.324. The van der Waals surface area contributed by atoms with Crippen LogP contribution in [-0.4, -0.2) is 67.8 Å². The molecule has 3 heterocycles. The highest BCUT2D eigenvalue weighted by atomic mass is 32.1. The van der Waals surface area contributed by atoms with Crippen LogP contribution < -0.4 is 20.6 Å². The van der Waals surface area contributed by atoms with Gasteiger partial charge in [0.2, 0.25) is 0 Å². The highest BCUT2D eigenvalue weighted by molar-refractivity contribution is 7.14. The fourth-order valence-electron chi connectivity index (χ4n) is 5.59. The Morgan fingerprint density at radius 1 is 0.979 bits per heavy atom. The molecular formula is C34H36N5O6SSi. The summed E-state index contributed by atoms with van der Waals surface area (Å²) >= 11 is 1.44. The minimum Gasteiger partial charge on any atom is -0.445 e. The van der Waals surface area contributed by atoms with Crippen LogP contribution in [-0.2, 0) is 15.8 Å². The standard InChI is InChI=1S/C34H36N5O6SSi/c1-34(2,3)28-20-38(31(28)45-47(26-10-6-4-7-11-26)27-12-8-5-9-13-27)32-36-29(22-46-32)30(40)37-18-24(19-37)35-33(41)44-21-23-14-16-25(17-15-23)39(42)43/h4-17,22,24,28,31H,18-21H2,1-3H3,(H,35,41). The second-order valence-electron chi connectivity index (χ2n) is 12.8. The lowest BCUT2D eigenvalue weighted by molar-refractivity contribution is -0.384. The fourth-order valence-corrected chi connectivity index (χ4v) is 8.55. The van der Waals surface area contributed by atoms with Crippen molar-refractivity contribution >= 4 is 53.6 Å². The van der Waals surface area contributed by atoms with Crippen molar-refractivity contribution < 1.29 is 23.7 Å². The van der Waals surface area contributed by atoms with E-state index in [0.29, 0.717) is 24.3 Å². The second-order valence-corrected chi connectivity index (χ2v) is 15.6. The maximum Gasteiger partial charge on any atom is 0.407 e. The Morgan fingerprint density at radius 3 is 2.17 bits per heavy atom. The minimum absolute atomic E-state index is 0.0140. The number of rotatable bonds is 10. The third kappa shape index (κ3) is 7.37. The number of nitrogens with one attached hydrogen (secondary N) is 1. The van der Waals surface area contributed by atoms with E-state index in [9.17, 15) is 19.7 Å².